The molecule has 0 unspecified atom stereocenters. The van der Waals surface area contributed by atoms with E-state index >= 15 is 4.39 Å². The van der Waals surface area contributed by atoms with E-state index in [1.165, 1.54) is 25.1 Å². The minimum Gasteiger partial charge on any atom is -0.478 e. The van der Waals surface area contributed by atoms with Crippen LogP contribution in [0.1, 0.15) is 35.3 Å². The fourth-order valence-corrected chi connectivity index (χ4v) is 4.92. The van der Waals surface area contributed by atoms with E-state index in [1.807, 2.05) is 0 Å². The highest BCUT2D eigenvalue weighted by atomic mass is 35.5. The van der Waals surface area contributed by atoms with Gasteiger partial charge in [0.25, 0.3) is 5.91 Å². The Morgan fingerprint density at radius 1 is 1.28 bits per heavy atom. The first-order valence-electron chi connectivity index (χ1n) is 10.8. The number of hydrogen-bond donors (Lipinski definition) is 2. The van der Waals surface area contributed by atoms with Crippen LogP contribution in [-0.2, 0) is 16.1 Å². The lowest BCUT2D eigenvalue weighted by atomic mass is 10.1. The van der Waals surface area contributed by atoms with Gasteiger partial charge in [-0.3, -0.25) is 10.1 Å². The van der Waals surface area contributed by atoms with Gasteiger partial charge in [-0.2, -0.15) is 11.8 Å². The second-order valence-corrected chi connectivity index (χ2v) is 10.6. The number of nitrogens with zero attached hydrogens (tertiary/aromatic N) is 1. The van der Waals surface area contributed by atoms with E-state index in [0.717, 1.165) is 22.8 Å². The molecule has 190 valence electrons. The zero-order chi connectivity index (χ0) is 26.2. The summed E-state index contributed by atoms with van der Waals surface area (Å²) in [5.41, 5.74) is 1.64. The average molecular weight is 570 g/mol. The monoisotopic (exact) mass is 568 g/mol. The lowest BCUT2D eigenvalue weighted by molar-refractivity contribution is -0.132. The Morgan fingerprint density at radius 3 is 2.67 bits per heavy atom. The number of carboxylic acid groups (broad SMARTS) is 1. The molecule has 3 aromatic rings. The second-order valence-electron chi connectivity index (χ2n) is 7.51. The summed E-state index contributed by atoms with van der Waals surface area (Å²) in [6, 6.07) is 7.81. The van der Waals surface area contributed by atoms with Crippen molar-refractivity contribution in [2.75, 3.05) is 23.4 Å². The molecule has 36 heavy (non-hydrogen) atoms. The van der Waals surface area contributed by atoms with Crippen molar-refractivity contribution in [3.8, 4) is 11.3 Å². The average Bonchev–Trinajstić information content (AvgIpc) is 3.29. The van der Waals surface area contributed by atoms with Gasteiger partial charge in [0.2, 0.25) is 0 Å². The van der Waals surface area contributed by atoms with Crippen LogP contribution in [-0.4, -0.2) is 40.1 Å². The van der Waals surface area contributed by atoms with Crippen molar-refractivity contribution in [3.63, 3.8) is 0 Å². The molecule has 1 aromatic heterocycles. The van der Waals surface area contributed by atoms with E-state index in [9.17, 15) is 9.59 Å². The minimum atomic E-state index is -1.11. The molecule has 0 aliphatic rings. The Hall–Kier alpha value is -2.43. The first-order chi connectivity index (χ1) is 17.2. The first kappa shape index (κ1) is 28.1. The van der Waals surface area contributed by atoms with Gasteiger partial charge in [0.15, 0.2) is 5.13 Å². The highest BCUT2D eigenvalue weighted by molar-refractivity contribution is 7.99. The number of thiazole rings is 1. The number of benzene rings is 2. The fourth-order valence-electron chi connectivity index (χ4n) is 3.09. The van der Waals surface area contributed by atoms with Crippen molar-refractivity contribution in [1.29, 1.82) is 0 Å². The van der Waals surface area contributed by atoms with Crippen molar-refractivity contribution >= 4 is 69.4 Å². The quantitative estimate of drug-likeness (QED) is 0.187. The fraction of sp³-hybridized carbons (Fsp3) is 0.240. The predicted octanol–water partition coefficient (Wildman–Crippen LogP) is 7.27. The molecule has 1 amide bonds. The summed E-state index contributed by atoms with van der Waals surface area (Å²) in [7, 11) is 0. The molecule has 0 spiro atoms. The Morgan fingerprint density at radius 2 is 2.00 bits per heavy atom. The van der Waals surface area contributed by atoms with Crippen LogP contribution >= 0.6 is 46.3 Å². The number of carbonyl (C=O) groups is 2. The molecule has 0 aliphatic carbocycles. The Bertz CT molecular complexity index is 1270. The molecule has 1 heterocycles. The number of aromatic nitrogens is 1. The number of carboxylic acids is 1. The third kappa shape index (κ3) is 7.30. The molecule has 6 nitrogen and oxygen atoms in total. The van der Waals surface area contributed by atoms with E-state index in [2.05, 4.69) is 17.2 Å². The molecule has 0 bridgehead atoms. The van der Waals surface area contributed by atoms with E-state index in [0.29, 0.717) is 29.0 Å². The van der Waals surface area contributed by atoms with Crippen molar-refractivity contribution in [1.82, 2.24) is 4.98 Å². The van der Waals surface area contributed by atoms with E-state index in [-0.39, 0.29) is 32.9 Å². The number of thioether (sulfide) groups is 1. The minimum absolute atomic E-state index is 0.0460. The lowest BCUT2D eigenvalue weighted by Gasteiger charge is -2.08. The molecule has 11 heteroatoms. The van der Waals surface area contributed by atoms with Crippen LogP contribution in [0.3, 0.4) is 0 Å². The zero-order valence-electron chi connectivity index (χ0n) is 19.4. The number of amides is 1. The molecule has 3 rings (SSSR count). The number of nitrogens with one attached hydrogen (secondary N) is 1. The summed E-state index contributed by atoms with van der Waals surface area (Å²) in [4.78, 5) is 28.2. The third-order valence-corrected chi connectivity index (χ3v) is 7.20. The molecule has 0 atom stereocenters. The summed E-state index contributed by atoms with van der Waals surface area (Å²) in [5, 5.41) is 13.9. The van der Waals surface area contributed by atoms with Gasteiger partial charge in [-0.15, -0.1) is 11.3 Å². The van der Waals surface area contributed by atoms with Gasteiger partial charge in [-0.05, 0) is 37.0 Å². The van der Waals surface area contributed by atoms with Crippen molar-refractivity contribution in [2.24, 2.45) is 0 Å². The lowest BCUT2D eigenvalue weighted by Crippen LogP contribution is -2.12. The molecule has 0 radical (unpaired) electrons. The number of aliphatic carboxylic acids is 1. The highest BCUT2D eigenvalue weighted by Gasteiger charge is 2.17. The largest absolute Gasteiger partial charge is 0.478 e. The summed E-state index contributed by atoms with van der Waals surface area (Å²) >= 11 is 15.4. The maximum absolute atomic E-state index is 15.1. The standard InChI is InChI=1S/C25H23Cl2FN2O4S2/c1-3-35-8-7-34-12-15-5-4-6-17(22(15)28)21-13-36-25(29-21)30-23(31)16-10-19(26)18(20(27)11-16)9-14(2)24(32)33/h4-6,9-11,13H,3,7-8,12H2,1-2H3,(H,32,33)(H,29,30,31). The predicted molar refractivity (Wildman–Crippen MR) is 146 cm³/mol. The summed E-state index contributed by atoms with van der Waals surface area (Å²) in [6.45, 7) is 4.19. The van der Waals surface area contributed by atoms with Crippen LogP contribution < -0.4 is 5.32 Å². The van der Waals surface area contributed by atoms with E-state index in [1.54, 1.807) is 35.3 Å². The Balaban J connectivity index is 1.73. The maximum atomic E-state index is 15.1. The van der Waals surface area contributed by atoms with Crippen LogP contribution in [0.2, 0.25) is 10.0 Å². The molecule has 0 fully saturated rings. The third-order valence-electron chi connectivity index (χ3n) is 4.95. The first-order valence-corrected chi connectivity index (χ1v) is 13.6. The van der Waals surface area contributed by atoms with Gasteiger partial charge in [-0.25, -0.2) is 14.2 Å². The van der Waals surface area contributed by atoms with E-state index < -0.39 is 17.7 Å². The normalized spacial score (nSPS) is 11.5. The molecule has 2 N–H and O–H groups in total. The van der Waals surface area contributed by atoms with Gasteiger partial charge < -0.3 is 9.84 Å². The summed E-state index contributed by atoms with van der Waals surface area (Å²) in [6.07, 6.45) is 1.33. The molecule has 0 saturated carbocycles. The van der Waals surface area contributed by atoms with Crippen LogP contribution in [0.5, 0.6) is 0 Å². The second kappa shape index (κ2) is 13.2. The summed E-state index contributed by atoms with van der Waals surface area (Å²) in [5.74, 6) is -0.180. The number of hydrogen-bond acceptors (Lipinski definition) is 6. The zero-order valence-corrected chi connectivity index (χ0v) is 22.6. The van der Waals surface area contributed by atoms with Gasteiger partial charge in [0.1, 0.15) is 5.82 Å². The Kier molecular flexibility index (Phi) is 10.3. The van der Waals surface area contributed by atoms with Crippen LogP contribution in [0.25, 0.3) is 17.3 Å². The van der Waals surface area contributed by atoms with Gasteiger partial charge >= 0.3 is 5.97 Å². The number of ether oxygens (including phenoxy) is 1. The van der Waals surface area contributed by atoms with Crippen molar-refractivity contribution in [2.45, 2.75) is 20.5 Å². The van der Waals surface area contributed by atoms with Gasteiger partial charge in [0.05, 0.1) is 29.0 Å². The molecular weight excluding hydrogens is 546 g/mol. The van der Waals surface area contributed by atoms with Crippen LogP contribution in [0.15, 0.2) is 41.3 Å². The number of rotatable bonds is 11. The number of carbonyl (C=O) groups excluding carboxylic acids is 1. The summed E-state index contributed by atoms with van der Waals surface area (Å²) < 4.78 is 20.6. The van der Waals surface area contributed by atoms with Gasteiger partial charge in [0, 0.05) is 39.0 Å². The smallest absolute Gasteiger partial charge is 0.331 e. The number of halogens is 3. The van der Waals surface area contributed by atoms with Gasteiger partial charge in [-0.1, -0.05) is 42.3 Å². The SMILES string of the molecule is CCSCCOCc1cccc(-c2csc(NC(=O)c3cc(Cl)c(C=C(C)C(=O)O)c(Cl)c3)n2)c1F. The van der Waals surface area contributed by atoms with Crippen LogP contribution in [0, 0.1) is 5.82 Å². The molecular formula is C25H23Cl2FN2O4S2. The van der Waals surface area contributed by atoms with E-state index in [4.69, 9.17) is 33.0 Å². The topological polar surface area (TPSA) is 88.5 Å². The molecule has 0 aliphatic heterocycles. The van der Waals surface area contributed by atoms with Crippen LogP contribution in [0.4, 0.5) is 9.52 Å². The van der Waals surface area contributed by atoms with Crippen molar-refractivity contribution < 1.29 is 23.8 Å². The van der Waals surface area contributed by atoms with Crippen molar-refractivity contribution in [3.05, 3.63) is 73.8 Å². The maximum Gasteiger partial charge on any atom is 0.331 e. The molecule has 2 aromatic carbocycles. The number of anilines is 1. The Labute approximate surface area is 226 Å². The molecule has 0 saturated heterocycles. The highest BCUT2D eigenvalue weighted by Crippen LogP contribution is 2.31.